The molecule has 0 spiro atoms. The molecule has 0 unspecified atom stereocenters. The zero-order valence-electron chi connectivity index (χ0n) is 10.8. The van der Waals surface area contributed by atoms with Crippen molar-refractivity contribution in [3.8, 4) is 0 Å². The van der Waals surface area contributed by atoms with Gasteiger partial charge >= 0.3 is 0 Å². The number of carbonyl (C=O) groups excluding carboxylic acids is 1. The summed E-state index contributed by atoms with van der Waals surface area (Å²) < 4.78 is 27.5. The van der Waals surface area contributed by atoms with Gasteiger partial charge in [0.2, 0.25) is 0 Å². The van der Waals surface area contributed by atoms with E-state index < -0.39 is 23.1 Å². The second-order valence-electron chi connectivity index (χ2n) is 4.38. The largest absolute Gasteiger partial charge is 0.352 e. The molecule has 2 aromatic rings. The second-order valence-corrected chi connectivity index (χ2v) is 5.73. The van der Waals surface area contributed by atoms with Crippen LogP contribution in [0.4, 0.5) is 8.78 Å². The van der Waals surface area contributed by atoms with Crippen molar-refractivity contribution in [3.05, 3.63) is 68.7 Å². The van der Waals surface area contributed by atoms with E-state index in [-0.39, 0.29) is 11.0 Å². The number of benzene rings is 2. The molecule has 0 aliphatic heterocycles. The van der Waals surface area contributed by atoms with E-state index in [0.29, 0.717) is 11.4 Å². The van der Waals surface area contributed by atoms with Crippen LogP contribution in [0.3, 0.4) is 0 Å². The molecule has 0 fully saturated rings. The van der Waals surface area contributed by atoms with E-state index in [9.17, 15) is 13.6 Å². The third kappa shape index (κ3) is 4.25. The van der Waals surface area contributed by atoms with Gasteiger partial charge in [0.25, 0.3) is 5.91 Å². The number of rotatable bonds is 4. The molecular weight excluding hydrogens is 364 g/mol. The third-order valence-corrected chi connectivity index (χ3v) is 3.56. The van der Waals surface area contributed by atoms with E-state index in [1.165, 1.54) is 0 Å². The van der Waals surface area contributed by atoms with Crippen molar-refractivity contribution in [1.82, 2.24) is 5.32 Å². The Bertz CT molecular complexity index is 638. The van der Waals surface area contributed by atoms with E-state index in [4.69, 9.17) is 11.6 Å². The zero-order valence-corrected chi connectivity index (χ0v) is 13.1. The molecule has 0 atom stereocenters. The number of amides is 1. The van der Waals surface area contributed by atoms with Crippen molar-refractivity contribution in [3.63, 3.8) is 0 Å². The minimum Gasteiger partial charge on any atom is -0.352 e. The second kappa shape index (κ2) is 7.00. The number of hydrogen-bond acceptors (Lipinski definition) is 1. The minimum atomic E-state index is -0.897. The molecular formula is C15H11BrClF2NO. The van der Waals surface area contributed by atoms with Gasteiger partial charge in [0.1, 0.15) is 17.2 Å². The molecule has 0 aliphatic rings. The van der Waals surface area contributed by atoms with E-state index in [2.05, 4.69) is 21.2 Å². The maximum Gasteiger partial charge on any atom is 0.257 e. The Hall–Kier alpha value is -1.46. The lowest BCUT2D eigenvalue weighted by molar-refractivity contribution is 0.0945. The Balaban J connectivity index is 1.98. The molecule has 2 aromatic carbocycles. The van der Waals surface area contributed by atoms with Crippen LogP contribution in [0, 0.1) is 11.6 Å². The molecule has 6 heteroatoms. The average Bonchev–Trinajstić information content (AvgIpc) is 2.40. The maximum absolute atomic E-state index is 13.6. The molecule has 2 nitrogen and oxygen atoms in total. The first-order valence-corrected chi connectivity index (χ1v) is 7.31. The van der Waals surface area contributed by atoms with Crippen LogP contribution < -0.4 is 5.32 Å². The summed E-state index contributed by atoms with van der Waals surface area (Å²) in [6.07, 6.45) is 0.544. The lowest BCUT2D eigenvalue weighted by Crippen LogP contribution is -2.27. The Kier molecular flexibility index (Phi) is 5.31. The Labute approximate surface area is 134 Å². The van der Waals surface area contributed by atoms with Crippen molar-refractivity contribution < 1.29 is 13.6 Å². The van der Waals surface area contributed by atoms with Crippen molar-refractivity contribution in [1.29, 1.82) is 0 Å². The molecule has 2 rings (SSSR count). The highest BCUT2D eigenvalue weighted by atomic mass is 79.9. The molecule has 0 aromatic heterocycles. The highest BCUT2D eigenvalue weighted by molar-refractivity contribution is 9.10. The van der Waals surface area contributed by atoms with Gasteiger partial charge in [-0.05, 0) is 36.2 Å². The van der Waals surface area contributed by atoms with Crippen molar-refractivity contribution in [2.75, 3.05) is 6.54 Å². The lowest BCUT2D eigenvalue weighted by atomic mass is 10.1. The van der Waals surface area contributed by atoms with Crippen LogP contribution in [0.25, 0.3) is 0 Å². The molecule has 0 saturated carbocycles. The smallest absolute Gasteiger partial charge is 0.257 e. The highest BCUT2D eigenvalue weighted by Gasteiger charge is 2.17. The van der Waals surface area contributed by atoms with Crippen molar-refractivity contribution >= 4 is 33.4 Å². The van der Waals surface area contributed by atoms with E-state index in [0.717, 1.165) is 17.7 Å². The van der Waals surface area contributed by atoms with Crippen molar-refractivity contribution in [2.24, 2.45) is 0 Å². The first-order chi connectivity index (χ1) is 9.97. The van der Waals surface area contributed by atoms with Crippen LogP contribution in [0.5, 0.6) is 0 Å². The number of halogens is 4. The SMILES string of the molecule is O=C(NCCc1ccc(Cl)cc1)c1c(F)cc(Br)cc1F. The molecule has 0 bridgehead atoms. The number of nitrogens with one attached hydrogen (secondary N) is 1. The molecule has 1 amide bonds. The predicted octanol–water partition coefficient (Wildman–Crippen LogP) is 4.35. The summed E-state index contributed by atoms with van der Waals surface area (Å²) in [5.74, 6) is -2.57. The summed E-state index contributed by atoms with van der Waals surface area (Å²) in [7, 11) is 0. The summed E-state index contributed by atoms with van der Waals surface area (Å²) in [5.41, 5.74) is 0.394. The fraction of sp³-hybridized carbons (Fsp3) is 0.133. The quantitative estimate of drug-likeness (QED) is 0.847. The van der Waals surface area contributed by atoms with Gasteiger partial charge in [-0.2, -0.15) is 0 Å². The number of hydrogen-bond donors (Lipinski definition) is 1. The summed E-state index contributed by atoms with van der Waals surface area (Å²) in [6, 6.07) is 9.25. The molecule has 0 saturated heterocycles. The van der Waals surface area contributed by atoms with Gasteiger partial charge in [-0.25, -0.2) is 8.78 Å². The standard InChI is InChI=1S/C15H11BrClF2NO/c16-10-7-12(18)14(13(19)8-10)15(21)20-6-5-9-1-3-11(17)4-2-9/h1-4,7-8H,5-6H2,(H,20,21). The molecule has 0 aliphatic carbocycles. The van der Waals surface area contributed by atoms with Crippen LogP contribution >= 0.6 is 27.5 Å². The Morgan fingerprint density at radius 1 is 1.14 bits per heavy atom. The van der Waals surface area contributed by atoms with Gasteiger partial charge in [0, 0.05) is 16.0 Å². The molecule has 21 heavy (non-hydrogen) atoms. The van der Waals surface area contributed by atoms with Gasteiger partial charge in [-0.3, -0.25) is 4.79 Å². The molecule has 110 valence electrons. The predicted molar refractivity (Wildman–Crippen MR) is 81.5 cm³/mol. The number of carbonyl (C=O) groups is 1. The average molecular weight is 375 g/mol. The van der Waals surface area contributed by atoms with E-state index in [1.54, 1.807) is 12.1 Å². The van der Waals surface area contributed by atoms with Gasteiger partial charge in [0.05, 0.1) is 0 Å². The first-order valence-electron chi connectivity index (χ1n) is 6.14. The topological polar surface area (TPSA) is 29.1 Å². The fourth-order valence-electron chi connectivity index (χ4n) is 1.82. The van der Waals surface area contributed by atoms with E-state index >= 15 is 0 Å². The van der Waals surface area contributed by atoms with E-state index in [1.807, 2.05) is 12.1 Å². The van der Waals surface area contributed by atoms with Gasteiger partial charge in [-0.15, -0.1) is 0 Å². The van der Waals surface area contributed by atoms with Crippen LogP contribution in [-0.2, 0) is 6.42 Å². The Morgan fingerprint density at radius 3 is 2.29 bits per heavy atom. The normalized spacial score (nSPS) is 10.5. The lowest BCUT2D eigenvalue weighted by Gasteiger charge is -2.08. The Morgan fingerprint density at radius 2 is 1.71 bits per heavy atom. The highest BCUT2D eigenvalue weighted by Crippen LogP contribution is 2.19. The summed E-state index contributed by atoms with van der Waals surface area (Å²) >= 11 is 8.73. The van der Waals surface area contributed by atoms with Crippen molar-refractivity contribution in [2.45, 2.75) is 6.42 Å². The minimum absolute atomic E-state index is 0.246. The van der Waals surface area contributed by atoms with Crippen LogP contribution in [-0.4, -0.2) is 12.5 Å². The summed E-state index contributed by atoms with van der Waals surface area (Å²) in [6.45, 7) is 0.273. The zero-order chi connectivity index (χ0) is 15.4. The van der Waals surface area contributed by atoms with Crippen LogP contribution in [0.15, 0.2) is 40.9 Å². The summed E-state index contributed by atoms with van der Waals surface area (Å²) in [4.78, 5) is 11.8. The van der Waals surface area contributed by atoms with Gasteiger partial charge in [-0.1, -0.05) is 39.7 Å². The summed E-state index contributed by atoms with van der Waals surface area (Å²) in [5, 5.41) is 3.12. The maximum atomic E-state index is 13.6. The van der Waals surface area contributed by atoms with Gasteiger partial charge < -0.3 is 5.32 Å². The van der Waals surface area contributed by atoms with Crippen LogP contribution in [0.2, 0.25) is 5.02 Å². The monoisotopic (exact) mass is 373 g/mol. The van der Waals surface area contributed by atoms with Gasteiger partial charge in [0.15, 0.2) is 0 Å². The molecule has 0 radical (unpaired) electrons. The van der Waals surface area contributed by atoms with Crippen LogP contribution in [0.1, 0.15) is 15.9 Å². The molecule has 1 N–H and O–H groups in total. The fourth-order valence-corrected chi connectivity index (χ4v) is 2.35. The third-order valence-electron chi connectivity index (χ3n) is 2.85. The first kappa shape index (κ1) is 15.9. The molecule has 0 heterocycles.